The number of hydrogen-bond acceptors (Lipinski definition) is 2. The number of hydrogen-bond donors (Lipinski definition) is 0. The minimum absolute atomic E-state index is 0.573. The van der Waals surface area contributed by atoms with Crippen molar-refractivity contribution in [1.29, 1.82) is 0 Å². The third kappa shape index (κ3) is 3.69. The summed E-state index contributed by atoms with van der Waals surface area (Å²) in [5.74, 6) is 0. The highest BCUT2D eigenvalue weighted by atomic mass is 79.9. The van der Waals surface area contributed by atoms with Crippen LogP contribution in [0.1, 0.15) is 23.4 Å². The maximum absolute atomic E-state index is 11.5. The van der Waals surface area contributed by atoms with E-state index in [1.165, 1.54) is 6.26 Å². The van der Waals surface area contributed by atoms with Crippen LogP contribution in [0.2, 0.25) is 0 Å². The third-order valence-electron chi connectivity index (χ3n) is 2.66. The number of halogens is 3. The van der Waals surface area contributed by atoms with Crippen LogP contribution in [0.4, 0.5) is 0 Å². The predicted octanol–water partition coefficient (Wildman–Crippen LogP) is 4.23. The van der Waals surface area contributed by atoms with Crippen LogP contribution in [0.5, 0.6) is 0 Å². The molecule has 0 bridgehead atoms. The first kappa shape index (κ1) is 15.5. The lowest BCUT2D eigenvalue weighted by Crippen LogP contribution is -2.21. The van der Waals surface area contributed by atoms with Crippen molar-refractivity contribution in [1.82, 2.24) is 0 Å². The molecule has 0 aromatic heterocycles. The molecule has 96 valence electrons. The van der Waals surface area contributed by atoms with Gasteiger partial charge in [-0.05, 0) is 37.1 Å². The topological polar surface area (TPSA) is 34.1 Å². The van der Waals surface area contributed by atoms with Gasteiger partial charge in [-0.15, -0.1) is 11.6 Å². The minimum atomic E-state index is -3.16. The van der Waals surface area contributed by atoms with Gasteiger partial charge in [0.2, 0.25) is 0 Å². The second-order valence-electron chi connectivity index (χ2n) is 4.06. The molecular formula is C11H13Br2ClO2S. The second-order valence-corrected chi connectivity index (χ2v) is 8.64. The Morgan fingerprint density at radius 3 is 2.24 bits per heavy atom. The van der Waals surface area contributed by atoms with Crippen molar-refractivity contribution >= 4 is 53.3 Å². The SMILES string of the molecule is Cc1cc(Br)c(C(Cl)C(C)S(C)(=O)=O)cc1Br. The maximum Gasteiger partial charge on any atom is 0.151 e. The molecule has 0 amide bonds. The Labute approximate surface area is 124 Å². The summed E-state index contributed by atoms with van der Waals surface area (Å²) >= 11 is 13.1. The van der Waals surface area contributed by atoms with Crippen molar-refractivity contribution in [2.45, 2.75) is 24.5 Å². The van der Waals surface area contributed by atoms with E-state index in [9.17, 15) is 8.42 Å². The van der Waals surface area contributed by atoms with Crippen molar-refractivity contribution in [3.63, 3.8) is 0 Å². The van der Waals surface area contributed by atoms with Gasteiger partial charge in [0.25, 0.3) is 0 Å². The van der Waals surface area contributed by atoms with Gasteiger partial charge in [-0.2, -0.15) is 0 Å². The molecular weight excluding hydrogens is 391 g/mol. The van der Waals surface area contributed by atoms with Crippen molar-refractivity contribution in [3.8, 4) is 0 Å². The Kier molecular flexibility index (Phi) is 5.09. The second kappa shape index (κ2) is 5.59. The van der Waals surface area contributed by atoms with E-state index in [1.54, 1.807) is 6.92 Å². The molecule has 0 radical (unpaired) electrons. The highest BCUT2D eigenvalue weighted by molar-refractivity contribution is 9.11. The molecule has 6 heteroatoms. The van der Waals surface area contributed by atoms with Gasteiger partial charge in [-0.3, -0.25) is 0 Å². The van der Waals surface area contributed by atoms with Gasteiger partial charge in [-0.25, -0.2) is 8.42 Å². The molecule has 0 aliphatic carbocycles. The molecule has 2 unspecified atom stereocenters. The lowest BCUT2D eigenvalue weighted by Gasteiger charge is -2.19. The van der Waals surface area contributed by atoms with Crippen LogP contribution < -0.4 is 0 Å². The van der Waals surface area contributed by atoms with E-state index in [2.05, 4.69) is 31.9 Å². The normalized spacial score (nSPS) is 15.6. The van der Waals surface area contributed by atoms with Gasteiger partial charge in [0.05, 0.1) is 10.6 Å². The lowest BCUT2D eigenvalue weighted by atomic mass is 10.1. The largest absolute Gasteiger partial charge is 0.229 e. The number of rotatable bonds is 3. The monoisotopic (exact) mass is 402 g/mol. The van der Waals surface area contributed by atoms with E-state index in [-0.39, 0.29) is 0 Å². The van der Waals surface area contributed by atoms with Crippen LogP contribution in [-0.4, -0.2) is 19.9 Å². The molecule has 17 heavy (non-hydrogen) atoms. The average Bonchev–Trinajstić information content (AvgIpc) is 2.20. The van der Waals surface area contributed by atoms with Crippen LogP contribution >= 0.6 is 43.5 Å². The van der Waals surface area contributed by atoms with Crippen molar-refractivity contribution < 1.29 is 8.42 Å². The van der Waals surface area contributed by atoms with Crippen LogP contribution in [0.15, 0.2) is 21.1 Å². The molecule has 0 spiro atoms. The standard InChI is InChI=1S/C11H13Br2ClO2S/c1-6-4-10(13)8(5-9(6)12)11(14)7(2)17(3,15)16/h4-5,7,11H,1-3H3. The zero-order valence-electron chi connectivity index (χ0n) is 9.67. The van der Waals surface area contributed by atoms with Crippen molar-refractivity contribution in [2.24, 2.45) is 0 Å². The summed E-state index contributed by atoms with van der Waals surface area (Å²) in [6.45, 7) is 3.58. The summed E-state index contributed by atoms with van der Waals surface area (Å²) in [4.78, 5) is 0. The maximum atomic E-state index is 11.5. The van der Waals surface area contributed by atoms with Crippen LogP contribution in [0.3, 0.4) is 0 Å². The Morgan fingerprint density at radius 1 is 1.24 bits per heavy atom. The third-order valence-corrected chi connectivity index (χ3v) is 6.59. The summed E-state index contributed by atoms with van der Waals surface area (Å²) in [5, 5.41) is -1.20. The fourth-order valence-corrected chi connectivity index (χ4v) is 3.86. The molecule has 0 aliphatic heterocycles. The molecule has 2 atom stereocenters. The van der Waals surface area contributed by atoms with Crippen LogP contribution in [0.25, 0.3) is 0 Å². The Balaban J connectivity index is 3.22. The zero-order valence-corrected chi connectivity index (χ0v) is 14.4. The summed E-state index contributed by atoms with van der Waals surface area (Å²) in [6, 6.07) is 3.78. The first-order chi connectivity index (χ1) is 7.64. The molecule has 1 rings (SSSR count). The molecule has 1 aromatic rings. The molecule has 0 fully saturated rings. The Hall–Kier alpha value is 0.420. The lowest BCUT2D eigenvalue weighted by molar-refractivity contribution is 0.587. The molecule has 0 saturated heterocycles. The first-order valence-electron chi connectivity index (χ1n) is 4.93. The molecule has 1 aromatic carbocycles. The molecule has 0 aliphatic rings. The van der Waals surface area contributed by atoms with Crippen LogP contribution in [0, 0.1) is 6.92 Å². The van der Waals surface area contributed by atoms with Crippen molar-refractivity contribution in [2.75, 3.05) is 6.26 Å². The average molecular weight is 405 g/mol. The number of alkyl halides is 1. The van der Waals surface area contributed by atoms with Gasteiger partial charge in [-0.1, -0.05) is 31.9 Å². The summed E-state index contributed by atoms with van der Waals surface area (Å²) in [5.41, 5.74) is 1.85. The highest BCUT2D eigenvalue weighted by Crippen LogP contribution is 2.36. The van der Waals surface area contributed by atoms with Crippen LogP contribution in [-0.2, 0) is 9.84 Å². The first-order valence-corrected chi connectivity index (χ1v) is 8.90. The quantitative estimate of drug-likeness (QED) is 0.707. The van der Waals surface area contributed by atoms with E-state index in [0.717, 1.165) is 20.1 Å². The Bertz CT molecular complexity index is 529. The van der Waals surface area contributed by atoms with Gasteiger partial charge < -0.3 is 0 Å². The molecule has 0 heterocycles. The number of sulfone groups is 1. The van der Waals surface area contributed by atoms with E-state index in [0.29, 0.717) is 0 Å². The minimum Gasteiger partial charge on any atom is -0.229 e. The fourth-order valence-electron chi connectivity index (χ4n) is 1.34. The molecule has 2 nitrogen and oxygen atoms in total. The highest BCUT2D eigenvalue weighted by Gasteiger charge is 2.27. The fraction of sp³-hybridized carbons (Fsp3) is 0.455. The predicted molar refractivity (Wildman–Crippen MR) is 79.5 cm³/mol. The van der Waals surface area contributed by atoms with Gasteiger partial charge in [0.1, 0.15) is 0 Å². The molecule has 0 N–H and O–H groups in total. The van der Waals surface area contributed by atoms with Crippen molar-refractivity contribution in [3.05, 3.63) is 32.2 Å². The Morgan fingerprint density at radius 2 is 1.76 bits per heavy atom. The van der Waals surface area contributed by atoms with Gasteiger partial charge in [0, 0.05) is 15.2 Å². The number of benzene rings is 1. The zero-order chi connectivity index (χ0) is 13.4. The van der Waals surface area contributed by atoms with E-state index >= 15 is 0 Å². The number of aryl methyl sites for hydroxylation is 1. The van der Waals surface area contributed by atoms with E-state index < -0.39 is 20.5 Å². The van der Waals surface area contributed by atoms with E-state index in [4.69, 9.17) is 11.6 Å². The summed E-state index contributed by atoms with van der Waals surface area (Å²) in [7, 11) is -3.16. The smallest absolute Gasteiger partial charge is 0.151 e. The van der Waals surface area contributed by atoms with Gasteiger partial charge >= 0.3 is 0 Å². The molecule has 0 saturated carbocycles. The summed E-state index contributed by atoms with van der Waals surface area (Å²) in [6.07, 6.45) is 1.20. The summed E-state index contributed by atoms with van der Waals surface area (Å²) < 4.78 is 24.7. The van der Waals surface area contributed by atoms with Gasteiger partial charge in [0.15, 0.2) is 9.84 Å². The van der Waals surface area contributed by atoms with E-state index in [1.807, 2.05) is 19.1 Å².